The molecule has 0 aliphatic carbocycles. The molecule has 3 rings (SSSR count). The summed E-state index contributed by atoms with van der Waals surface area (Å²) in [6.45, 7) is 0. The molecule has 0 bridgehead atoms. The number of aromatic nitrogens is 2. The van der Waals surface area contributed by atoms with Crippen LogP contribution in [0.1, 0.15) is 16.4 Å². The third kappa shape index (κ3) is 2.44. The van der Waals surface area contributed by atoms with Crippen molar-refractivity contribution in [3.63, 3.8) is 0 Å². The second-order valence-electron chi connectivity index (χ2n) is 4.74. The van der Waals surface area contributed by atoms with Crippen LogP contribution in [0.15, 0.2) is 24.4 Å². The molecule has 1 aromatic carbocycles. The Morgan fingerprint density at radius 3 is 3.05 bits per heavy atom. The maximum Gasteiger partial charge on any atom is 0.235 e. The minimum atomic E-state index is -0.0653. The molecule has 2 N–H and O–H groups in total. The van der Waals surface area contributed by atoms with Gasteiger partial charge in [0, 0.05) is 12.6 Å². The second-order valence-corrected chi connectivity index (χ2v) is 5.84. The maximum absolute atomic E-state index is 11.8. The van der Waals surface area contributed by atoms with Crippen molar-refractivity contribution in [1.82, 2.24) is 9.78 Å². The summed E-state index contributed by atoms with van der Waals surface area (Å²) in [6, 6.07) is 5.29. The summed E-state index contributed by atoms with van der Waals surface area (Å²) >= 11 is 1.51. The Kier molecular flexibility index (Phi) is 3.50. The highest BCUT2D eigenvalue weighted by atomic mass is 32.2. The summed E-state index contributed by atoms with van der Waals surface area (Å²) in [5, 5.41) is 17.0. The van der Waals surface area contributed by atoms with E-state index in [4.69, 9.17) is 4.74 Å². The van der Waals surface area contributed by atoms with Gasteiger partial charge in [-0.1, -0.05) is 6.07 Å². The first-order valence-electron chi connectivity index (χ1n) is 6.40. The van der Waals surface area contributed by atoms with Gasteiger partial charge in [0.15, 0.2) is 11.5 Å². The lowest BCUT2D eigenvalue weighted by Crippen LogP contribution is -2.15. The molecule has 0 spiro atoms. The van der Waals surface area contributed by atoms with Crippen LogP contribution in [0.2, 0.25) is 0 Å². The van der Waals surface area contributed by atoms with Gasteiger partial charge in [-0.05, 0) is 17.7 Å². The number of carbonyl (C=O) groups is 1. The summed E-state index contributed by atoms with van der Waals surface area (Å²) in [7, 11) is 3.30. The van der Waals surface area contributed by atoms with Crippen LogP contribution in [-0.2, 0) is 11.8 Å². The maximum atomic E-state index is 11.8. The largest absolute Gasteiger partial charge is 0.504 e. The van der Waals surface area contributed by atoms with Crippen molar-refractivity contribution in [2.45, 2.75) is 5.25 Å². The highest BCUT2D eigenvalue weighted by Crippen LogP contribution is 2.43. The summed E-state index contributed by atoms with van der Waals surface area (Å²) in [6.07, 6.45) is 1.75. The number of aryl methyl sites for hydroxylation is 1. The van der Waals surface area contributed by atoms with E-state index < -0.39 is 0 Å². The van der Waals surface area contributed by atoms with Crippen molar-refractivity contribution in [1.29, 1.82) is 0 Å². The lowest BCUT2D eigenvalue weighted by Gasteiger charge is -2.15. The minimum absolute atomic E-state index is 0.0508. The lowest BCUT2D eigenvalue weighted by atomic mass is 10.1. The number of ether oxygens (including phenoxy) is 1. The number of nitrogens with one attached hydrogen (secondary N) is 1. The zero-order chi connectivity index (χ0) is 15.0. The quantitative estimate of drug-likeness (QED) is 0.886. The van der Waals surface area contributed by atoms with E-state index in [2.05, 4.69) is 10.4 Å². The van der Waals surface area contributed by atoms with E-state index in [-0.39, 0.29) is 16.9 Å². The van der Waals surface area contributed by atoms with Crippen LogP contribution in [0.3, 0.4) is 0 Å². The number of thioether (sulfide) groups is 1. The van der Waals surface area contributed by atoms with Crippen LogP contribution in [0.25, 0.3) is 0 Å². The Balaban J connectivity index is 2.05. The SMILES string of the molecule is COc1ccc([C@H]2SCC(=O)Nc3c2cnn3C)cc1O. The molecule has 7 heteroatoms. The zero-order valence-corrected chi connectivity index (χ0v) is 12.5. The molecule has 21 heavy (non-hydrogen) atoms. The average Bonchev–Trinajstić information content (AvgIpc) is 2.72. The first-order chi connectivity index (χ1) is 10.1. The van der Waals surface area contributed by atoms with E-state index in [1.807, 2.05) is 6.07 Å². The number of phenols is 1. The zero-order valence-electron chi connectivity index (χ0n) is 11.7. The Morgan fingerprint density at radius 2 is 2.33 bits per heavy atom. The van der Waals surface area contributed by atoms with E-state index in [0.717, 1.165) is 11.1 Å². The molecule has 0 fully saturated rings. The smallest absolute Gasteiger partial charge is 0.235 e. The molecule has 0 saturated heterocycles. The van der Waals surface area contributed by atoms with Gasteiger partial charge in [0.1, 0.15) is 5.82 Å². The van der Waals surface area contributed by atoms with Gasteiger partial charge in [-0.15, -0.1) is 11.8 Å². The number of aromatic hydroxyl groups is 1. The monoisotopic (exact) mass is 305 g/mol. The Bertz CT molecular complexity index is 699. The van der Waals surface area contributed by atoms with Crippen molar-refractivity contribution < 1.29 is 14.6 Å². The summed E-state index contributed by atoms with van der Waals surface area (Å²) in [4.78, 5) is 11.8. The molecular weight excluding hydrogens is 290 g/mol. The van der Waals surface area contributed by atoms with Crippen molar-refractivity contribution in [2.75, 3.05) is 18.2 Å². The molecule has 2 heterocycles. The van der Waals surface area contributed by atoms with E-state index in [1.165, 1.54) is 18.9 Å². The van der Waals surface area contributed by atoms with Gasteiger partial charge in [0.05, 0.1) is 24.3 Å². The highest BCUT2D eigenvalue weighted by molar-refractivity contribution is 8.00. The molecule has 0 unspecified atom stereocenters. The normalized spacial score (nSPS) is 17.8. The van der Waals surface area contributed by atoms with Gasteiger partial charge < -0.3 is 15.2 Å². The van der Waals surface area contributed by atoms with Gasteiger partial charge in [-0.3, -0.25) is 9.48 Å². The van der Waals surface area contributed by atoms with Crippen LogP contribution in [-0.4, -0.2) is 33.7 Å². The van der Waals surface area contributed by atoms with Crippen molar-refractivity contribution in [3.8, 4) is 11.5 Å². The van der Waals surface area contributed by atoms with Crippen LogP contribution in [0, 0.1) is 0 Å². The number of methoxy groups -OCH3 is 1. The van der Waals surface area contributed by atoms with Crippen LogP contribution in [0.4, 0.5) is 5.82 Å². The number of benzene rings is 1. The third-order valence-corrected chi connectivity index (χ3v) is 4.68. The van der Waals surface area contributed by atoms with Gasteiger partial charge in [-0.2, -0.15) is 5.10 Å². The van der Waals surface area contributed by atoms with Gasteiger partial charge in [-0.25, -0.2) is 0 Å². The number of carbonyl (C=O) groups excluding carboxylic acids is 1. The van der Waals surface area contributed by atoms with Crippen LogP contribution in [0.5, 0.6) is 11.5 Å². The van der Waals surface area contributed by atoms with E-state index in [1.54, 1.807) is 30.1 Å². The number of hydrogen-bond donors (Lipinski definition) is 2. The molecule has 0 saturated carbocycles. The number of hydrogen-bond acceptors (Lipinski definition) is 5. The third-order valence-electron chi connectivity index (χ3n) is 3.39. The number of fused-ring (bicyclic) bond motifs is 1. The van der Waals surface area contributed by atoms with E-state index in [0.29, 0.717) is 17.3 Å². The molecule has 6 nitrogen and oxygen atoms in total. The number of phenolic OH excluding ortho intramolecular Hbond substituents is 1. The van der Waals surface area contributed by atoms with Crippen LogP contribution >= 0.6 is 11.8 Å². The first kappa shape index (κ1) is 13.8. The van der Waals surface area contributed by atoms with Gasteiger partial charge in [0.25, 0.3) is 0 Å². The molecule has 1 amide bonds. The number of rotatable bonds is 2. The molecule has 1 aliphatic rings. The standard InChI is InChI=1S/C14H15N3O3S/c1-17-14-9(6-15-17)13(21-7-12(19)16-14)8-3-4-11(20-2)10(18)5-8/h3-6,13,18H,7H2,1-2H3,(H,16,19)/t13-/m1/s1. The Hall–Kier alpha value is -2.15. The van der Waals surface area contributed by atoms with Crippen molar-refractivity contribution in [3.05, 3.63) is 35.5 Å². The fourth-order valence-corrected chi connectivity index (χ4v) is 3.44. The predicted molar refractivity (Wildman–Crippen MR) is 80.8 cm³/mol. The van der Waals surface area contributed by atoms with Crippen molar-refractivity contribution >= 4 is 23.5 Å². The van der Waals surface area contributed by atoms with Gasteiger partial charge >= 0.3 is 0 Å². The first-order valence-corrected chi connectivity index (χ1v) is 7.45. The number of amides is 1. The second kappa shape index (κ2) is 5.33. The fraction of sp³-hybridized carbons (Fsp3) is 0.286. The lowest BCUT2D eigenvalue weighted by molar-refractivity contribution is -0.113. The van der Waals surface area contributed by atoms with E-state index >= 15 is 0 Å². The highest BCUT2D eigenvalue weighted by Gasteiger charge is 2.27. The summed E-state index contributed by atoms with van der Waals surface area (Å²) < 4.78 is 6.71. The molecule has 1 atom stereocenters. The molecular formula is C14H15N3O3S. The Morgan fingerprint density at radius 1 is 1.52 bits per heavy atom. The molecule has 0 radical (unpaired) electrons. The Labute approximate surface area is 126 Å². The summed E-state index contributed by atoms with van der Waals surface area (Å²) in [5.74, 6) is 1.52. The van der Waals surface area contributed by atoms with Crippen molar-refractivity contribution in [2.24, 2.45) is 7.05 Å². The molecule has 1 aromatic heterocycles. The average molecular weight is 305 g/mol. The van der Waals surface area contributed by atoms with E-state index in [9.17, 15) is 9.90 Å². The molecule has 1 aliphatic heterocycles. The molecule has 110 valence electrons. The molecule has 2 aromatic rings. The van der Waals surface area contributed by atoms with Gasteiger partial charge in [0.2, 0.25) is 5.91 Å². The minimum Gasteiger partial charge on any atom is -0.504 e. The predicted octanol–water partition coefficient (Wildman–Crippen LogP) is 1.91. The van der Waals surface area contributed by atoms with Crippen LogP contribution < -0.4 is 10.1 Å². The topological polar surface area (TPSA) is 76.4 Å². The summed E-state index contributed by atoms with van der Waals surface area (Å²) in [5.41, 5.74) is 1.84. The number of anilines is 1. The number of nitrogens with zero attached hydrogens (tertiary/aromatic N) is 2. The fourth-order valence-electron chi connectivity index (χ4n) is 2.36.